The van der Waals surface area contributed by atoms with Crippen LogP contribution in [-0.2, 0) is 16.6 Å². The van der Waals surface area contributed by atoms with Gasteiger partial charge in [-0.1, -0.05) is 0 Å². The second-order valence-corrected chi connectivity index (χ2v) is 6.91. The fraction of sp³-hybridized carbons (Fsp3) is 0.611. The first-order valence-corrected chi connectivity index (χ1v) is 8.98. The number of halogens is 1. The van der Waals surface area contributed by atoms with Gasteiger partial charge < -0.3 is 15.1 Å². The Hall–Kier alpha value is -1.86. The van der Waals surface area contributed by atoms with Crippen molar-refractivity contribution in [1.82, 2.24) is 24.9 Å². The third-order valence-electron chi connectivity index (χ3n) is 5.20. The first kappa shape index (κ1) is 20.5. The quantitative estimate of drug-likeness (QED) is 0.770. The van der Waals surface area contributed by atoms with E-state index in [1.54, 1.807) is 17.0 Å². The molecule has 2 amide bonds. The lowest BCUT2D eigenvalue weighted by Gasteiger charge is -2.47. The monoisotopic (exact) mass is 381 g/mol. The van der Waals surface area contributed by atoms with Crippen molar-refractivity contribution in [2.24, 2.45) is 13.0 Å². The number of nitrogens with zero attached hydrogens (tertiary/aromatic N) is 4. The lowest BCUT2D eigenvalue weighted by molar-refractivity contribution is -0.142. The van der Waals surface area contributed by atoms with Gasteiger partial charge in [0.1, 0.15) is 0 Å². The number of carbonyl (C=O) groups excluding carboxylic acids is 2. The number of nitrogens with one attached hydrogen (secondary N) is 1. The van der Waals surface area contributed by atoms with Gasteiger partial charge in [-0.3, -0.25) is 14.3 Å². The standard InChI is InChI=1S/C18H27N5O2.ClH/c1-19-8-10-23-16-7-9-22(13-15(16)4-6-18(23)25)17(24)5-3-14-11-20-21(2)12-14;/h3,5,11-12,15-16,19H,4,6-10,13H2,1-2H3;1H/b5-3+;/t15-,16+;/m0./s1. The van der Waals surface area contributed by atoms with Gasteiger partial charge in [-0.15, -0.1) is 12.4 Å². The van der Waals surface area contributed by atoms with Crippen LogP contribution in [0.5, 0.6) is 0 Å². The number of amides is 2. The van der Waals surface area contributed by atoms with E-state index in [4.69, 9.17) is 0 Å². The molecule has 0 radical (unpaired) electrons. The first-order chi connectivity index (χ1) is 12.1. The minimum absolute atomic E-state index is 0. The molecule has 8 heteroatoms. The Kier molecular flexibility index (Phi) is 7.23. The van der Waals surface area contributed by atoms with E-state index in [0.29, 0.717) is 18.9 Å². The molecule has 2 aliphatic rings. The highest BCUT2D eigenvalue weighted by molar-refractivity contribution is 5.91. The van der Waals surface area contributed by atoms with Crippen LogP contribution in [0.15, 0.2) is 18.5 Å². The predicted molar refractivity (Wildman–Crippen MR) is 103 cm³/mol. The highest BCUT2D eigenvalue weighted by Crippen LogP contribution is 2.31. The van der Waals surface area contributed by atoms with Crippen LogP contribution >= 0.6 is 12.4 Å². The van der Waals surface area contributed by atoms with Crippen LogP contribution in [0, 0.1) is 5.92 Å². The Labute approximate surface area is 160 Å². The summed E-state index contributed by atoms with van der Waals surface area (Å²) in [6.07, 6.45) is 9.40. The number of likely N-dealkylation sites (N-methyl/N-ethyl adjacent to an activating group) is 1. The Morgan fingerprint density at radius 2 is 2.23 bits per heavy atom. The van der Waals surface area contributed by atoms with Crippen LogP contribution < -0.4 is 5.32 Å². The second kappa shape index (κ2) is 9.19. The highest BCUT2D eigenvalue weighted by Gasteiger charge is 2.39. The minimum Gasteiger partial charge on any atom is -0.339 e. The Bertz CT molecular complexity index is 660. The van der Waals surface area contributed by atoms with E-state index in [0.717, 1.165) is 38.0 Å². The van der Waals surface area contributed by atoms with Gasteiger partial charge in [0, 0.05) is 63.5 Å². The molecule has 2 atom stereocenters. The molecule has 26 heavy (non-hydrogen) atoms. The average Bonchev–Trinajstić information content (AvgIpc) is 3.04. The number of carbonyl (C=O) groups is 2. The van der Waals surface area contributed by atoms with Gasteiger partial charge in [-0.25, -0.2) is 0 Å². The second-order valence-electron chi connectivity index (χ2n) is 6.91. The van der Waals surface area contributed by atoms with Crippen molar-refractivity contribution in [2.45, 2.75) is 25.3 Å². The zero-order valence-electron chi connectivity index (χ0n) is 15.4. The van der Waals surface area contributed by atoms with Crippen molar-refractivity contribution in [2.75, 3.05) is 33.2 Å². The van der Waals surface area contributed by atoms with Gasteiger partial charge in [0.15, 0.2) is 0 Å². The summed E-state index contributed by atoms with van der Waals surface area (Å²) < 4.78 is 1.72. The fourth-order valence-electron chi connectivity index (χ4n) is 3.87. The summed E-state index contributed by atoms with van der Waals surface area (Å²) in [6, 6.07) is 0.279. The van der Waals surface area contributed by atoms with Crippen molar-refractivity contribution < 1.29 is 9.59 Å². The number of hydrogen-bond donors (Lipinski definition) is 1. The molecule has 0 saturated carbocycles. The molecule has 2 aliphatic heterocycles. The summed E-state index contributed by atoms with van der Waals surface area (Å²) in [5.74, 6) is 0.688. The number of aromatic nitrogens is 2. The maximum Gasteiger partial charge on any atom is 0.246 e. The average molecular weight is 382 g/mol. The van der Waals surface area contributed by atoms with Crippen LogP contribution in [0.3, 0.4) is 0 Å². The molecule has 2 saturated heterocycles. The van der Waals surface area contributed by atoms with Crippen molar-refractivity contribution in [1.29, 1.82) is 0 Å². The SMILES string of the molecule is CNCCN1C(=O)CC[C@H]2CN(C(=O)/C=C/c3cnn(C)c3)CC[C@H]21.Cl. The summed E-state index contributed by atoms with van der Waals surface area (Å²) >= 11 is 0. The lowest BCUT2D eigenvalue weighted by atomic mass is 9.83. The molecule has 1 N–H and O–H groups in total. The lowest BCUT2D eigenvalue weighted by Crippen LogP contribution is -2.57. The maximum absolute atomic E-state index is 12.5. The van der Waals surface area contributed by atoms with E-state index in [9.17, 15) is 9.59 Å². The first-order valence-electron chi connectivity index (χ1n) is 8.98. The molecule has 0 spiro atoms. The van der Waals surface area contributed by atoms with Gasteiger partial charge in [-0.05, 0) is 31.9 Å². The topological polar surface area (TPSA) is 70.5 Å². The van der Waals surface area contributed by atoms with Gasteiger partial charge >= 0.3 is 0 Å². The molecule has 0 bridgehead atoms. The van der Waals surface area contributed by atoms with Crippen molar-refractivity contribution in [3.8, 4) is 0 Å². The fourth-order valence-corrected chi connectivity index (χ4v) is 3.87. The highest BCUT2D eigenvalue weighted by atomic mass is 35.5. The number of piperidine rings is 2. The largest absolute Gasteiger partial charge is 0.339 e. The number of rotatable bonds is 5. The number of likely N-dealkylation sites (tertiary alicyclic amines) is 2. The normalized spacial score (nSPS) is 23.1. The zero-order valence-corrected chi connectivity index (χ0v) is 16.2. The third-order valence-corrected chi connectivity index (χ3v) is 5.20. The molecule has 1 aromatic heterocycles. The Balaban J connectivity index is 0.00000243. The summed E-state index contributed by atoms with van der Waals surface area (Å²) in [7, 11) is 3.76. The zero-order chi connectivity index (χ0) is 17.8. The smallest absolute Gasteiger partial charge is 0.246 e. The van der Waals surface area contributed by atoms with E-state index < -0.39 is 0 Å². The van der Waals surface area contributed by atoms with Crippen LogP contribution in [0.4, 0.5) is 0 Å². The summed E-state index contributed by atoms with van der Waals surface area (Å²) in [4.78, 5) is 28.7. The molecule has 1 aromatic rings. The summed E-state index contributed by atoms with van der Waals surface area (Å²) in [5.41, 5.74) is 0.923. The van der Waals surface area contributed by atoms with Gasteiger partial charge in [0.2, 0.25) is 11.8 Å². The molecular formula is C18H28ClN5O2. The number of fused-ring (bicyclic) bond motifs is 1. The molecule has 0 aliphatic carbocycles. The summed E-state index contributed by atoms with van der Waals surface area (Å²) in [6.45, 7) is 3.02. The van der Waals surface area contributed by atoms with E-state index in [-0.39, 0.29) is 30.3 Å². The van der Waals surface area contributed by atoms with E-state index in [2.05, 4.69) is 10.4 Å². The molecule has 0 unspecified atom stereocenters. The Morgan fingerprint density at radius 1 is 1.42 bits per heavy atom. The molecular weight excluding hydrogens is 354 g/mol. The Morgan fingerprint density at radius 3 is 2.92 bits per heavy atom. The number of aryl methyl sites for hydroxylation is 1. The molecule has 144 valence electrons. The van der Waals surface area contributed by atoms with Gasteiger partial charge in [-0.2, -0.15) is 5.10 Å². The molecule has 3 heterocycles. The van der Waals surface area contributed by atoms with Crippen molar-refractivity contribution in [3.63, 3.8) is 0 Å². The van der Waals surface area contributed by atoms with Crippen molar-refractivity contribution in [3.05, 3.63) is 24.0 Å². The van der Waals surface area contributed by atoms with E-state index in [1.165, 1.54) is 0 Å². The van der Waals surface area contributed by atoms with Crippen LogP contribution in [-0.4, -0.2) is 70.7 Å². The minimum atomic E-state index is 0. The van der Waals surface area contributed by atoms with Crippen LogP contribution in [0.1, 0.15) is 24.8 Å². The van der Waals surface area contributed by atoms with E-state index >= 15 is 0 Å². The predicted octanol–water partition coefficient (Wildman–Crippen LogP) is 0.914. The van der Waals surface area contributed by atoms with Gasteiger partial charge in [0.05, 0.1) is 6.20 Å². The van der Waals surface area contributed by atoms with Crippen LogP contribution in [0.2, 0.25) is 0 Å². The number of hydrogen-bond acceptors (Lipinski definition) is 4. The maximum atomic E-state index is 12.5. The van der Waals surface area contributed by atoms with Crippen LogP contribution in [0.25, 0.3) is 6.08 Å². The van der Waals surface area contributed by atoms with Gasteiger partial charge in [0.25, 0.3) is 0 Å². The van der Waals surface area contributed by atoms with Crippen molar-refractivity contribution >= 4 is 30.3 Å². The molecule has 3 rings (SSSR count). The molecule has 0 aromatic carbocycles. The third kappa shape index (κ3) is 4.65. The molecule has 7 nitrogen and oxygen atoms in total. The molecule has 2 fully saturated rings. The summed E-state index contributed by atoms with van der Waals surface area (Å²) in [5, 5.41) is 7.22. The van der Waals surface area contributed by atoms with E-state index in [1.807, 2.05) is 36.2 Å².